The lowest BCUT2D eigenvalue weighted by atomic mass is 9.67. The lowest BCUT2D eigenvalue weighted by molar-refractivity contribution is -0.192. The van der Waals surface area contributed by atoms with E-state index in [1.807, 2.05) is 49.4 Å². The largest absolute Gasteiger partial charge is 0.493 e. The number of hydrogen-bond acceptors (Lipinski definition) is 8. The van der Waals surface area contributed by atoms with E-state index in [1.165, 1.54) is 4.90 Å². The predicted molar refractivity (Wildman–Crippen MR) is 163 cm³/mol. The highest BCUT2D eigenvalue weighted by Crippen LogP contribution is 2.62. The minimum absolute atomic E-state index is 0.215. The summed E-state index contributed by atoms with van der Waals surface area (Å²) in [6.45, 7) is 5.49. The molecule has 2 amide bonds. The minimum Gasteiger partial charge on any atom is -0.493 e. The first-order valence-electron chi connectivity index (χ1n) is 15.2. The lowest BCUT2D eigenvalue weighted by Crippen LogP contribution is -2.43. The fraction of sp³-hybridized carbons (Fsp3) is 0.412. The topological polar surface area (TPSA) is 129 Å². The molecule has 3 aromatic rings. The predicted octanol–water partition coefficient (Wildman–Crippen LogP) is 5.08. The molecular formula is C34H32F3N3O7. The van der Waals surface area contributed by atoms with E-state index in [2.05, 4.69) is 17.0 Å². The van der Waals surface area contributed by atoms with Crippen molar-refractivity contribution >= 4 is 39.9 Å². The number of nitrogens with zero attached hydrogens (tertiary/aromatic N) is 3. The molecule has 4 saturated heterocycles. The van der Waals surface area contributed by atoms with Crippen molar-refractivity contribution < 1.29 is 46.9 Å². The number of hydrogen-bond donors (Lipinski definition) is 1. The van der Waals surface area contributed by atoms with Crippen molar-refractivity contribution in [2.24, 2.45) is 11.8 Å². The molecule has 246 valence electrons. The van der Waals surface area contributed by atoms with E-state index >= 15 is 0 Å². The summed E-state index contributed by atoms with van der Waals surface area (Å²) in [5, 5.41) is 18.2. The number of morpholine rings is 1. The van der Waals surface area contributed by atoms with Crippen molar-refractivity contribution in [1.82, 2.24) is 0 Å². The van der Waals surface area contributed by atoms with Crippen molar-refractivity contribution in [3.63, 3.8) is 0 Å². The SMILES string of the molecule is C[C@]12CC[C@](CCOc3cccc(N4CCOCC4)c3)(O1)[C@@H]1C(=O)N(c3ccc(C#N)c4ccccc34)C(=O)[C@@H]12.O=C(O)C(F)(F)F. The Labute approximate surface area is 268 Å². The molecule has 4 aliphatic heterocycles. The first-order valence-corrected chi connectivity index (χ1v) is 15.2. The average Bonchev–Trinajstić information content (AvgIpc) is 3.64. The van der Waals surface area contributed by atoms with E-state index in [-0.39, 0.29) is 11.8 Å². The molecule has 0 unspecified atom stereocenters. The van der Waals surface area contributed by atoms with Crippen LogP contribution in [0.1, 0.15) is 31.7 Å². The summed E-state index contributed by atoms with van der Waals surface area (Å²) in [5.41, 5.74) is 0.718. The maximum atomic E-state index is 14.1. The van der Waals surface area contributed by atoms with Crippen LogP contribution >= 0.6 is 0 Å². The Bertz CT molecular complexity index is 1770. The second-order valence-corrected chi connectivity index (χ2v) is 12.2. The van der Waals surface area contributed by atoms with E-state index in [4.69, 9.17) is 24.1 Å². The van der Waals surface area contributed by atoms with Gasteiger partial charge in [-0.25, -0.2) is 9.69 Å². The third-order valence-corrected chi connectivity index (χ3v) is 9.50. The van der Waals surface area contributed by atoms with Crippen LogP contribution in [0.3, 0.4) is 0 Å². The van der Waals surface area contributed by atoms with E-state index in [1.54, 1.807) is 12.1 Å². The van der Waals surface area contributed by atoms with Gasteiger partial charge in [-0.15, -0.1) is 0 Å². The van der Waals surface area contributed by atoms with Gasteiger partial charge in [0, 0.05) is 42.0 Å². The number of imide groups is 1. The number of rotatable bonds is 6. The van der Waals surface area contributed by atoms with Gasteiger partial charge in [-0.1, -0.05) is 30.3 Å². The molecule has 0 spiro atoms. The molecule has 4 atom stereocenters. The zero-order valence-corrected chi connectivity index (χ0v) is 25.5. The van der Waals surface area contributed by atoms with E-state index < -0.39 is 35.2 Å². The molecule has 3 aromatic carbocycles. The second-order valence-electron chi connectivity index (χ2n) is 12.2. The number of halogens is 3. The van der Waals surface area contributed by atoms with Crippen LogP contribution in [-0.2, 0) is 23.9 Å². The number of carboxylic acid groups (broad SMARTS) is 1. The number of carbonyl (C=O) groups is 3. The van der Waals surface area contributed by atoms with Crippen LogP contribution in [0.5, 0.6) is 5.75 Å². The number of aliphatic carboxylic acids is 1. The van der Waals surface area contributed by atoms with Crippen molar-refractivity contribution in [3.05, 3.63) is 66.2 Å². The number of ether oxygens (including phenoxy) is 3. The molecule has 13 heteroatoms. The molecule has 0 saturated carbocycles. The molecule has 2 bridgehead atoms. The fourth-order valence-electron chi connectivity index (χ4n) is 7.36. The monoisotopic (exact) mass is 651 g/mol. The number of amides is 2. The Morgan fingerprint density at radius 3 is 2.38 bits per heavy atom. The molecular weight excluding hydrogens is 619 g/mol. The third kappa shape index (κ3) is 5.76. The van der Waals surface area contributed by atoms with Crippen LogP contribution in [-0.4, -0.2) is 73.2 Å². The van der Waals surface area contributed by atoms with Crippen molar-refractivity contribution in [3.8, 4) is 11.8 Å². The van der Waals surface area contributed by atoms with Crippen molar-refractivity contribution in [2.75, 3.05) is 42.7 Å². The van der Waals surface area contributed by atoms with Gasteiger partial charge in [0.05, 0.1) is 60.2 Å². The van der Waals surface area contributed by atoms with Crippen LogP contribution in [0.15, 0.2) is 60.7 Å². The van der Waals surface area contributed by atoms with Crippen molar-refractivity contribution in [1.29, 1.82) is 5.26 Å². The van der Waals surface area contributed by atoms with Gasteiger partial charge in [0.1, 0.15) is 5.75 Å². The van der Waals surface area contributed by atoms with Gasteiger partial charge in [-0.3, -0.25) is 9.59 Å². The number of nitriles is 1. The summed E-state index contributed by atoms with van der Waals surface area (Å²) < 4.78 is 50.0. The first-order chi connectivity index (χ1) is 22.4. The average molecular weight is 652 g/mol. The first kappa shape index (κ1) is 32.3. The van der Waals surface area contributed by atoms with Gasteiger partial charge in [0.2, 0.25) is 11.8 Å². The Hall–Kier alpha value is -4.67. The van der Waals surface area contributed by atoms with E-state index in [9.17, 15) is 28.0 Å². The minimum atomic E-state index is -5.08. The number of carboxylic acids is 1. The van der Waals surface area contributed by atoms with Crippen LogP contribution in [0.4, 0.5) is 24.5 Å². The Morgan fingerprint density at radius 1 is 1.02 bits per heavy atom. The zero-order chi connectivity index (χ0) is 33.6. The normalized spacial score (nSPS) is 26.5. The number of carbonyl (C=O) groups excluding carboxylic acids is 2. The molecule has 0 radical (unpaired) electrons. The Kier molecular flexibility index (Phi) is 8.36. The van der Waals surface area contributed by atoms with Gasteiger partial charge < -0.3 is 24.2 Å². The highest BCUT2D eigenvalue weighted by Gasteiger charge is 2.73. The number of alkyl halides is 3. The molecule has 4 aliphatic rings. The maximum Gasteiger partial charge on any atom is 0.490 e. The maximum absolute atomic E-state index is 14.1. The van der Waals surface area contributed by atoms with Gasteiger partial charge in [0.25, 0.3) is 0 Å². The van der Waals surface area contributed by atoms with Crippen LogP contribution < -0.4 is 14.5 Å². The lowest BCUT2D eigenvalue weighted by Gasteiger charge is -2.31. The Balaban J connectivity index is 0.000000499. The summed E-state index contributed by atoms with van der Waals surface area (Å²) in [6, 6.07) is 21.1. The van der Waals surface area contributed by atoms with Gasteiger partial charge in [-0.05, 0) is 44.0 Å². The highest BCUT2D eigenvalue weighted by atomic mass is 19.4. The van der Waals surface area contributed by atoms with Gasteiger partial charge >= 0.3 is 12.1 Å². The second kappa shape index (κ2) is 12.2. The van der Waals surface area contributed by atoms with Crippen LogP contribution in [0.2, 0.25) is 0 Å². The van der Waals surface area contributed by atoms with Crippen LogP contribution in [0, 0.1) is 23.2 Å². The molecule has 7 rings (SSSR count). The summed E-state index contributed by atoms with van der Waals surface area (Å²) in [5.74, 6) is -3.51. The molecule has 4 fully saturated rings. The van der Waals surface area contributed by atoms with E-state index in [0.29, 0.717) is 43.9 Å². The smallest absolute Gasteiger partial charge is 0.490 e. The van der Waals surface area contributed by atoms with Crippen LogP contribution in [0.25, 0.3) is 10.8 Å². The Morgan fingerprint density at radius 2 is 1.70 bits per heavy atom. The molecule has 47 heavy (non-hydrogen) atoms. The molecule has 10 nitrogen and oxygen atoms in total. The number of benzene rings is 3. The summed E-state index contributed by atoms with van der Waals surface area (Å²) >= 11 is 0. The summed E-state index contributed by atoms with van der Waals surface area (Å²) in [6.07, 6.45) is -3.13. The van der Waals surface area contributed by atoms with Gasteiger partial charge in [-0.2, -0.15) is 18.4 Å². The fourth-order valence-corrected chi connectivity index (χ4v) is 7.36. The molecule has 4 heterocycles. The third-order valence-electron chi connectivity index (χ3n) is 9.50. The van der Waals surface area contributed by atoms with Crippen molar-refractivity contribution in [2.45, 2.75) is 43.6 Å². The quantitative estimate of drug-likeness (QED) is 0.363. The summed E-state index contributed by atoms with van der Waals surface area (Å²) in [4.78, 5) is 40.6. The van der Waals surface area contributed by atoms with Gasteiger partial charge in [0.15, 0.2) is 0 Å². The van der Waals surface area contributed by atoms with E-state index in [0.717, 1.165) is 41.7 Å². The molecule has 0 aromatic heterocycles. The molecule has 1 N–H and O–H groups in total. The number of anilines is 2. The standard InChI is InChI=1S/C32H31N3O5.C2HF3O2/c1-31-11-12-32(40-31,13-16-39-23-6-4-5-22(19-23)34-14-17-38-18-15-34)28-27(31)29(36)35(30(28)37)26-10-9-21(20-33)24-7-2-3-8-25(24)26;3-2(4,5)1(6)7/h2-10,19,27-28H,11-18H2,1H3;(H,6,7)/t27-,28+,31-,32-;/m1./s1. The zero-order valence-electron chi connectivity index (χ0n) is 25.5. The number of fused-ring (bicyclic) bond motifs is 6. The molecule has 0 aliphatic carbocycles. The highest BCUT2D eigenvalue weighted by molar-refractivity contribution is 6.26. The summed E-state index contributed by atoms with van der Waals surface area (Å²) in [7, 11) is 0.